The molecule has 152 valence electrons. The van der Waals surface area contributed by atoms with Crippen molar-refractivity contribution in [3.63, 3.8) is 0 Å². The number of guanidine groups is 1. The van der Waals surface area contributed by atoms with Gasteiger partial charge in [-0.1, -0.05) is 19.8 Å². The lowest BCUT2D eigenvalue weighted by Crippen LogP contribution is -2.48. The predicted octanol–water partition coefficient (Wildman–Crippen LogP) is 2.34. The van der Waals surface area contributed by atoms with Gasteiger partial charge in [0.15, 0.2) is 5.96 Å². The number of unbranched alkanes of at least 4 members (excludes halogenated alkanes) is 1. The maximum absolute atomic E-state index is 12.3. The van der Waals surface area contributed by atoms with Crippen LogP contribution in [-0.2, 0) is 4.79 Å². The number of carbonyl (C=O) groups excluding carboxylic acids is 1. The molecule has 1 amide bonds. The van der Waals surface area contributed by atoms with Crippen molar-refractivity contribution in [2.45, 2.75) is 70.4 Å². The lowest BCUT2D eigenvalue weighted by molar-refractivity contribution is -0.126. The fourth-order valence-corrected chi connectivity index (χ4v) is 3.40. The fourth-order valence-electron chi connectivity index (χ4n) is 3.40. The molecule has 3 N–H and O–H groups in total. The molecule has 0 radical (unpaired) electrons. The van der Waals surface area contributed by atoms with Crippen LogP contribution in [0.3, 0.4) is 0 Å². The molecule has 6 nitrogen and oxygen atoms in total. The zero-order chi connectivity index (χ0) is 18.1. The van der Waals surface area contributed by atoms with Crippen molar-refractivity contribution in [1.29, 1.82) is 0 Å². The van der Waals surface area contributed by atoms with Gasteiger partial charge < -0.3 is 20.9 Å². The van der Waals surface area contributed by atoms with Gasteiger partial charge in [0.2, 0.25) is 5.91 Å². The van der Waals surface area contributed by atoms with Gasteiger partial charge in [0, 0.05) is 38.1 Å². The van der Waals surface area contributed by atoms with Gasteiger partial charge in [-0.05, 0) is 52.1 Å². The van der Waals surface area contributed by atoms with Crippen LogP contribution < -0.4 is 16.0 Å². The van der Waals surface area contributed by atoms with E-state index >= 15 is 0 Å². The van der Waals surface area contributed by atoms with Crippen molar-refractivity contribution < 1.29 is 4.79 Å². The second kappa shape index (κ2) is 12.8. The van der Waals surface area contributed by atoms with E-state index in [1.54, 1.807) is 0 Å². The van der Waals surface area contributed by atoms with Crippen LogP contribution in [0.4, 0.5) is 0 Å². The highest BCUT2D eigenvalue weighted by molar-refractivity contribution is 14.0. The van der Waals surface area contributed by atoms with Gasteiger partial charge in [-0.25, -0.2) is 0 Å². The van der Waals surface area contributed by atoms with E-state index in [9.17, 15) is 4.79 Å². The monoisotopic (exact) mass is 479 g/mol. The van der Waals surface area contributed by atoms with Gasteiger partial charge in [0.05, 0.1) is 0 Å². The second-order valence-electron chi connectivity index (χ2n) is 7.64. The van der Waals surface area contributed by atoms with Crippen LogP contribution in [0, 0.1) is 5.92 Å². The van der Waals surface area contributed by atoms with Crippen molar-refractivity contribution in [3.05, 3.63) is 0 Å². The number of aliphatic imine (C=N–C) groups is 1. The van der Waals surface area contributed by atoms with E-state index in [0.717, 1.165) is 64.1 Å². The summed E-state index contributed by atoms with van der Waals surface area (Å²) >= 11 is 0. The smallest absolute Gasteiger partial charge is 0.223 e. The molecule has 0 aromatic heterocycles. The Bertz CT molecular complexity index is 442. The van der Waals surface area contributed by atoms with Crippen LogP contribution in [0.25, 0.3) is 0 Å². The van der Waals surface area contributed by atoms with Gasteiger partial charge in [-0.15, -0.1) is 24.0 Å². The molecule has 2 aliphatic carbocycles. The summed E-state index contributed by atoms with van der Waals surface area (Å²) in [4.78, 5) is 19.0. The van der Waals surface area contributed by atoms with Gasteiger partial charge in [-0.3, -0.25) is 9.79 Å². The van der Waals surface area contributed by atoms with Crippen LogP contribution in [0.15, 0.2) is 4.99 Å². The largest absolute Gasteiger partial charge is 0.355 e. The molecule has 2 aliphatic rings. The van der Waals surface area contributed by atoms with Crippen LogP contribution in [-0.4, -0.2) is 62.6 Å². The number of nitrogens with one attached hydrogen (secondary N) is 3. The van der Waals surface area contributed by atoms with Crippen LogP contribution in [0.5, 0.6) is 0 Å². The zero-order valence-corrected chi connectivity index (χ0v) is 19.1. The zero-order valence-electron chi connectivity index (χ0n) is 16.7. The summed E-state index contributed by atoms with van der Waals surface area (Å²) in [5.74, 6) is 1.27. The lowest BCUT2D eigenvalue weighted by Gasteiger charge is -2.30. The third kappa shape index (κ3) is 8.88. The molecular formula is C19H38IN5O. The van der Waals surface area contributed by atoms with E-state index in [2.05, 4.69) is 39.8 Å². The number of nitrogens with zero attached hydrogens (tertiary/aromatic N) is 2. The molecule has 0 spiro atoms. The summed E-state index contributed by atoms with van der Waals surface area (Å²) in [5, 5.41) is 10.1. The van der Waals surface area contributed by atoms with Crippen molar-refractivity contribution in [3.8, 4) is 0 Å². The Morgan fingerprint density at radius 3 is 2.54 bits per heavy atom. The molecule has 0 aromatic carbocycles. The summed E-state index contributed by atoms with van der Waals surface area (Å²) in [6, 6.07) is 0.799. The van der Waals surface area contributed by atoms with Gasteiger partial charge in [0.25, 0.3) is 0 Å². The van der Waals surface area contributed by atoms with Gasteiger partial charge >= 0.3 is 0 Å². The van der Waals surface area contributed by atoms with Gasteiger partial charge in [0.1, 0.15) is 0 Å². The van der Waals surface area contributed by atoms with Crippen molar-refractivity contribution in [1.82, 2.24) is 20.9 Å². The number of amides is 1. The Hall–Kier alpha value is -0.570. The normalized spacial score (nSPS) is 23.3. The predicted molar refractivity (Wildman–Crippen MR) is 119 cm³/mol. The third-order valence-electron chi connectivity index (χ3n) is 5.21. The highest BCUT2D eigenvalue weighted by Gasteiger charge is 2.31. The Labute approximate surface area is 176 Å². The average molecular weight is 479 g/mol. The summed E-state index contributed by atoms with van der Waals surface area (Å²) < 4.78 is 0. The fraction of sp³-hybridized carbons (Fsp3) is 0.895. The summed E-state index contributed by atoms with van der Waals surface area (Å²) in [5.41, 5.74) is 0. The molecule has 2 unspecified atom stereocenters. The minimum atomic E-state index is 0. The number of likely N-dealkylation sites (N-methyl/N-ethyl adjacent to an activating group) is 1. The molecule has 0 aliphatic heterocycles. The van der Waals surface area contributed by atoms with E-state index < -0.39 is 0 Å². The second-order valence-corrected chi connectivity index (χ2v) is 7.64. The lowest BCUT2D eigenvalue weighted by atomic mass is 9.85. The first kappa shape index (κ1) is 23.5. The summed E-state index contributed by atoms with van der Waals surface area (Å²) in [7, 11) is 3.98. The molecule has 0 heterocycles. The number of hydrogen-bond donors (Lipinski definition) is 3. The van der Waals surface area contributed by atoms with Crippen LogP contribution >= 0.6 is 24.0 Å². The summed E-state index contributed by atoms with van der Waals surface area (Å²) in [6.45, 7) is 5.26. The maximum atomic E-state index is 12.3. The first-order valence-electron chi connectivity index (χ1n) is 10.1. The summed E-state index contributed by atoms with van der Waals surface area (Å²) in [6.07, 6.45) is 8.95. The van der Waals surface area contributed by atoms with Crippen molar-refractivity contribution in [2.75, 3.05) is 33.7 Å². The molecule has 26 heavy (non-hydrogen) atoms. The van der Waals surface area contributed by atoms with Crippen LogP contribution in [0.2, 0.25) is 0 Å². The van der Waals surface area contributed by atoms with E-state index in [1.165, 1.54) is 12.8 Å². The number of hydrogen-bond acceptors (Lipinski definition) is 3. The topological polar surface area (TPSA) is 68.8 Å². The molecular weight excluding hydrogens is 441 g/mol. The maximum Gasteiger partial charge on any atom is 0.223 e. The Morgan fingerprint density at radius 1 is 1.12 bits per heavy atom. The minimum Gasteiger partial charge on any atom is -0.355 e. The van der Waals surface area contributed by atoms with Crippen LogP contribution in [0.1, 0.15) is 58.3 Å². The number of halogens is 1. The number of carbonyl (C=O) groups is 1. The van der Waals surface area contributed by atoms with E-state index in [0.29, 0.717) is 12.1 Å². The molecule has 2 rings (SSSR count). The first-order valence-corrected chi connectivity index (χ1v) is 10.1. The average Bonchev–Trinajstić information content (AvgIpc) is 3.43. The molecule has 2 fully saturated rings. The van der Waals surface area contributed by atoms with Crippen molar-refractivity contribution in [2.24, 2.45) is 10.9 Å². The molecule has 0 aromatic rings. The van der Waals surface area contributed by atoms with Gasteiger partial charge in [-0.2, -0.15) is 0 Å². The highest BCUT2D eigenvalue weighted by Crippen LogP contribution is 2.26. The number of rotatable bonds is 9. The van der Waals surface area contributed by atoms with Crippen molar-refractivity contribution >= 4 is 35.8 Å². The molecule has 2 saturated carbocycles. The first-order chi connectivity index (χ1) is 12.1. The Morgan fingerprint density at radius 2 is 1.88 bits per heavy atom. The van der Waals surface area contributed by atoms with E-state index in [4.69, 9.17) is 0 Å². The third-order valence-corrected chi connectivity index (χ3v) is 5.21. The SMILES string of the molecule is CCCCN(C)CCNC(=NC)NC1CCCC(C(=O)NC2CC2)C1.I. The molecule has 0 bridgehead atoms. The Balaban J connectivity index is 0.00000338. The molecule has 7 heteroatoms. The standard InChI is InChI=1S/C19H37N5O.HI/c1-4-5-12-24(3)13-11-21-19(20-2)23-17-8-6-7-15(14-17)18(25)22-16-9-10-16;/h15-17H,4-14H2,1-3H3,(H,22,25)(H2,20,21,23);1H. The minimum absolute atomic E-state index is 0. The molecule has 2 atom stereocenters. The van der Waals surface area contributed by atoms with E-state index in [-0.39, 0.29) is 35.8 Å². The Kier molecular flexibility index (Phi) is 11.5. The highest BCUT2D eigenvalue weighted by atomic mass is 127. The van der Waals surface area contributed by atoms with E-state index in [1.807, 2.05) is 7.05 Å². The molecule has 0 saturated heterocycles. The quantitative estimate of drug-likeness (QED) is 0.270.